The van der Waals surface area contributed by atoms with Crippen LogP contribution in [0.25, 0.3) is 0 Å². The van der Waals surface area contributed by atoms with Crippen LogP contribution >= 0.6 is 11.3 Å². The highest BCUT2D eigenvalue weighted by Gasteiger charge is 2.34. The monoisotopic (exact) mass is 324 g/mol. The highest BCUT2D eigenvalue weighted by atomic mass is 32.1. The van der Waals surface area contributed by atoms with Crippen molar-refractivity contribution < 1.29 is 19.5 Å². The lowest BCUT2D eigenvalue weighted by Crippen LogP contribution is -2.50. The van der Waals surface area contributed by atoms with Crippen molar-refractivity contribution in [2.75, 3.05) is 13.1 Å². The van der Waals surface area contributed by atoms with Crippen LogP contribution in [0.2, 0.25) is 0 Å². The normalized spacial score (nSPS) is 21.4. The number of piperidine rings is 1. The third kappa shape index (κ3) is 4.07. The van der Waals surface area contributed by atoms with Gasteiger partial charge in [0.25, 0.3) is 5.91 Å². The summed E-state index contributed by atoms with van der Waals surface area (Å²) >= 11 is 1.34. The number of nitrogens with zero attached hydrogens (tertiary/aromatic N) is 1. The van der Waals surface area contributed by atoms with Crippen LogP contribution < -0.4 is 5.32 Å². The fraction of sp³-hybridized carbons (Fsp3) is 0.533. The third-order valence-corrected chi connectivity index (χ3v) is 4.71. The van der Waals surface area contributed by atoms with Crippen LogP contribution in [0.3, 0.4) is 0 Å². The van der Waals surface area contributed by atoms with E-state index in [4.69, 9.17) is 0 Å². The third-order valence-electron chi connectivity index (χ3n) is 3.84. The lowest BCUT2D eigenvalue weighted by molar-refractivity contribution is -0.153. The van der Waals surface area contributed by atoms with Crippen LogP contribution in [0.5, 0.6) is 0 Å². The number of carbonyl (C=O) groups is 3. The van der Waals surface area contributed by atoms with Gasteiger partial charge in [-0.15, -0.1) is 11.3 Å². The molecule has 22 heavy (non-hydrogen) atoms. The summed E-state index contributed by atoms with van der Waals surface area (Å²) in [6.45, 7) is 2.68. The largest absolute Gasteiger partial charge is 0.480 e. The van der Waals surface area contributed by atoms with Crippen LogP contribution in [0, 0.1) is 5.92 Å². The molecule has 0 aliphatic carbocycles. The Balaban J connectivity index is 1.83. The van der Waals surface area contributed by atoms with Gasteiger partial charge in [0.2, 0.25) is 5.91 Å². The predicted molar refractivity (Wildman–Crippen MR) is 82.8 cm³/mol. The molecule has 120 valence electrons. The van der Waals surface area contributed by atoms with E-state index in [1.807, 2.05) is 12.3 Å². The van der Waals surface area contributed by atoms with Gasteiger partial charge in [0.05, 0.1) is 4.88 Å². The summed E-state index contributed by atoms with van der Waals surface area (Å²) in [5, 5.41) is 13.7. The van der Waals surface area contributed by atoms with Gasteiger partial charge in [-0.1, -0.05) is 13.0 Å². The molecule has 0 bridgehead atoms. The van der Waals surface area contributed by atoms with Crippen LogP contribution in [0.1, 0.15) is 35.9 Å². The Morgan fingerprint density at radius 1 is 1.45 bits per heavy atom. The number of rotatable bonds is 5. The maximum absolute atomic E-state index is 12.2. The lowest BCUT2D eigenvalue weighted by atomic mass is 9.92. The molecule has 2 amide bonds. The number of carboxylic acid groups (broad SMARTS) is 1. The van der Waals surface area contributed by atoms with Gasteiger partial charge in [0.15, 0.2) is 0 Å². The molecule has 1 aliphatic heterocycles. The number of hydrogen-bond acceptors (Lipinski definition) is 4. The van der Waals surface area contributed by atoms with Crippen molar-refractivity contribution in [3.05, 3.63) is 22.4 Å². The first-order chi connectivity index (χ1) is 10.5. The van der Waals surface area contributed by atoms with Crippen molar-refractivity contribution >= 4 is 29.1 Å². The molecule has 1 aliphatic rings. The van der Waals surface area contributed by atoms with Crippen LogP contribution in [-0.4, -0.2) is 46.9 Å². The van der Waals surface area contributed by atoms with Crippen molar-refractivity contribution in [3.63, 3.8) is 0 Å². The average Bonchev–Trinajstić information content (AvgIpc) is 3.01. The smallest absolute Gasteiger partial charge is 0.326 e. The minimum atomic E-state index is -0.956. The molecule has 2 unspecified atom stereocenters. The number of likely N-dealkylation sites (tertiary alicyclic amines) is 1. The molecule has 2 atom stereocenters. The molecular formula is C15H20N2O4S. The summed E-state index contributed by atoms with van der Waals surface area (Å²) < 4.78 is 0. The Kier molecular flexibility index (Phi) is 5.54. The molecule has 0 saturated carbocycles. The molecule has 1 fully saturated rings. The molecule has 2 N–H and O–H groups in total. The number of amides is 2. The van der Waals surface area contributed by atoms with E-state index in [9.17, 15) is 19.5 Å². The molecule has 0 aromatic carbocycles. The van der Waals surface area contributed by atoms with Gasteiger partial charge < -0.3 is 15.3 Å². The van der Waals surface area contributed by atoms with E-state index in [2.05, 4.69) is 5.32 Å². The average molecular weight is 324 g/mol. The number of nitrogens with one attached hydrogen (secondary N) is 1. The van der Waals surface area contributed by atoms with Gasteiger partial charge >= 0.3 is 5.97 Å². The lowest BCUT2D eigenvalue weighted by Gasteiger charge is -2.36. The molecule has 0 radical (unpaired) electrons. The summed E-state index contributed by atoms with van der Waals surface area (Å²) in [4.78, 5) is 37.3. The molecule has 1 saturated heterocycles. The molecule has 1 aromatic rings. The first-order valence-electron chi connectivity index (χ1n) is 7.33. The summed E-state index contributed by atoms with van der Waals surface area (Å²) in [6.07, 6.45) is 1.43. The molecule has 6 nitrogen and oxygen atoms in total. The van der Waals surface area contributed by atoms with Gasteiger partial charge in [-0.3, -0.25) is 9.59 Å². The Hall–Kier alpha value is -1.89. The van der Waals surface area contributed by atoms with E-state index in [0.717, 1.165) is 6.42 Å². The van der Waals surface area contributed by atoms with Crippen molar-refractivity contribution in [2.45, 2.75) is 32.2 Å². The minimum Gasteiger partial charge on any atom is -0.480 e. The number of carboxylic acids is 1. The zero-order chi connectivity index (χ0) is 16.1. The standard InChI is InChI=1S/C15H20N2O4S/c1-10-5-7-17(11(9-10)15(20)21)13(18)4-6-16-14(19)12-3-2-8-22-12/h2-3,8,10-11H,4-7,9H2,1H3,(H,16,19)(H,20,21). The minimum absolute atomic E-state index is 0.120. The van der Waals surface area contributed by atoms with Crippen molar-refractivity contribution in [2.24, 2.45) is 5.92 Å². The van der Waals surface area contributed by atoms with Gasteiger partial charge in [-0.05, 0) is 30.2 Å². The molecular weight excluding hydrogens is 304 g/mol. The fourth-order valence-electron chi connectivity index (χ4n) is 2.60. The number of thiophene rings is 1. The topological polar surface area (TPSA) is 86.7 Å². The van der Waals surface area contributed by atoms with Crippen LogP contribution in [-0.2, 0) is 9.59 Å². The van der Waals surface area contributed by atoms with E-state index >= 15 is 0 Å². The summed E-state index contributed by atoms with van der Waals surface area (Å²) in [5.74, 6) is -1.07. The van der Waals surface area contributed by atoms with E-state index in [1.165, 1.54) is 16.2 Å². The van der Waals surface area contributed by atoms with Gasteiger partial charge in [0, 0.05) is 19.5 Å². The Morgan fingerprint density at radius 2 is 2.23 bits per heavy atom. The summed E-state index contributed by atoms with van der Waals surface area (Å²) in [5.41, 5.74) is 0. The summed E-state index contributed by atoms with van der Waals surface area (Å²) in [6, 6.07) is 2.76. The van der Waals surface area contributed by atoms with Crippen LogP contribution in [0.4, 0.5) is 0 Å². The van der Waals surface area contributed by atoms with Gasteiger partial charge in [-0.2, -0.15) is 0 Å². The fourth-order valence-corrected chi connectivity index (χ4v) is 3.24. The SMILES string of the molecule is CC1CCN(C(=O)CCNC(=O)c2cccs2)C(C(=O)O)C1. The molecule has 2 rings (SSSR count). The highest BCUT2D eigenvalue weighted by Crippen LogP contribution is 2.23. The zero-order valence-corrected chi connectivity index (χ0v) is 13.3. The Morgan fingerprint density at radius 3 is 2.86 bits per heavy atom. The maximum Gasteiger partial charge on any atom is 0.326 e. The first-order valence-corrected chi connectivity index (χ1v) is 8.21. The van der Waals surface area contributed by atoms with Crippen molar-refractivity contribution in [1.29, 1.82) is 0 Å². The van der Waals surface area contributed by atoms with Crippen molar-refractivity contribution in [3.8, 4) is 0 Å². The van der Waals surface area contributed by atoms with E-state index < -0.39 is 12.0 Å². The number of hydrogen-bond donors (Lipinski definition) is 2. The zero-order valence-electron chi connectivity index (χ0n) is 12.4. The maximum atomic E-state index is 12.2. The van der Waals surface area contributed by atoms with Gasteiger partial charge in [-0.25, -0.2) is 4.79 Å². The van der Waals surface area contributed by atoms with Gasteiger partial charge in [0.1, 0.15) is 6.04 Å². The second kappa shape index (κ2) is 7.40. The Labute approximate surface area is 133 Å². The van der Waals surface area contributed by atoms with E-state index in [1.54, 1.807) is 12.1 Å². The van der Waals surface area contributed by atoms with Crippen LogP contribution in [0.15, 0.2) is 17.5 Å². The quantitative estimate of drug-likeness (QED) is 0.861. The molecule has 2 heterocycles. The first kappa shape index (κ1) is 16.5. The number of carbonyl (C=O) groups excluding carboxylic acids is 2. The number of aliphatic carboxylic acids is 1. The molecule has 7 heteroatoms. The Bertz CT molecular complexity index is 544. The highest BCUT2D eigenvalue weighted by molar-refractivity contribution is 7.12. The second-order valence-corrected chi connectivity index (χ2v) is 6.50. The van der Waals surface area contributed by atoms with Crippen molar-refractivity contribution in [1.82, 2.24) is 10.2 Å². The summed E-state index contributed by atoms with van der Waals surface area (Å²) in [7, 11) is 0. The molecule has 0 spiro atoms. The van der Waals surface area contributed by atoms with E-state index in [-0.39, 0.29) is 24.8 Å². The molecule has 1 aromatic heterocycles. The predicted octanol–water partition coefficient (Wildman–Crippen LogP) is 1.58. The van der Waals surface area contributed by atoms with E-state index in [0.29, 0.717) is 23.8 Å². The second-order valence-electron chi connectivity index (χ2n) is 5.55.